The summed E-state index contributed by atoms with van der Waals surface area (Å²) in [4.78, 5) is 0. The van der Waals surface area contributed by atoms with Gasteiger partial charge in [-0.25, -0.2) is 0 Å². The van der Waals surface area contributed by atoms with Gasteiger partial charge < -0.3 is 0 Å². The van der Waals surface area contributed by atoms with Gasteiger partial charge in [0, 0.05) is 0 Å². The van der Waals surface area contributed by atoms with Crippen molar-refractivity contribution >= 4 is 49.2 Å². The number of benzene rings is 2. The fourth-order valence-electron chi connectivity index (χ4n) is 3.49. The van der Waals surface area contributed by atoms with Crippen LogP contribution in [0.1, 0.15) is 5.56 Å². The molecule has 2 heterocycles. The van der Waals surface area contributed by atoms with Crippen molar-refractivity contribution < 1.29 is 4.57 Å². The van der Waals surface area contributed by atoms with Gasteiger partial charge in [-0.2, -0.15) is 0 Å². The summed E-state index contributed by atoms with van der Waals surface area (Å²) in [5.41, 5.74) is 4.09. The second-order valence-corrected chi connectivity index (χ2v) is 19.6. The average Bonchev–Trinajstić information content (AvgIpc) is 2.93. The van der Waals surface area contributed by atoms with Crippen molar-refractivity contribution in [1.82, 2.24) is 0 Å². The van der Waals surface area contributed by atoms with Crippen LogP contribution in [-0.4, -0.2) is 13.3 Å². The first-order valence-corrected chi connectivity index (χ1v) is 16.9. The van der Waals surface area contributed by atoms with Crippen LogP contribution in [0.25, 0.3) is 31.4 Å². The molecule has 0 aliphatic heterocycles. The number of fused-ring (bicyclic) bond motifs is 3. The molecule has 0 bridgehead atoms. The SMILES string of the molecule is Cc1ccc2c(sc3ccccc32)c1-c1c[c]([Ge]([CH3])([CH3])[CH3])cc[n+]1C. The van der Waals surface area contributed by atoms with Crippen LogP contribution >= 0.6 is 11.3 Å². The van der Waals surface area contributed by atoms with Crippen LogP contribution in [0, 0.1) is 6.92 Å². The molecule has 25 heavy (non-hydrogen) atoms. The second-order valence-electron chi connectivity index (χ2n) is 7.89. The molecule has 2 aromatic carbocycles. The average molecular weight is 407 g/mol. The quantitative estimate of drug-likeness (QED) is 0.310. The van der Waals surface area contributed by atoms with E-state index < -0.39 is 13.3 Å². The Morgan fingerprint density at radius 2 is 1.68 bits per heavy atom. The fraction of sp³-hybridized carbons (Fsp3) is 0.227. The maximum atomic E-state index is 2.46. The van der Waals surface area contributed by atoms with E-state index >= 15 is 0 Å². The van der Waals surface area contributed by atoms with E-state index in [0.717, 1.165) is 0 Å². The zero-order valence-corrected chi connectivity index (χ0v) is 18.5. The molecule has 0 unspecified atom stereocenters. The number of thiophene rings is 1. The molecule has 0 N–H and O–H groups in total. The number of hydrogen-bond acceptors (Lipinski definition) is 1. The van der Waals surface area contributed by atoms with Gasteiger partial charge in [0.2, 0.25) is 0 Å². The Labute approximate surface area is 156 Å². The molecule has 0 atom stereocenters. The molecule has 4 rings (SSSR count). The summed E-state index contributed by atoms with van der Waals surface area (Å²) < 4.78 is 6.63. The van der Waals surface area contributed by atoms with Crippen LogP contribution in [-0.2, 0) is 7.05 Å². The molecule has 0 radical (unpaired) electrons. The molecule has 4 aromatic rings. The first-order valence-electron chi connectivity index (χ1n) is 8.77. The second kappa shape index (κ2) is 5.96. The Balaban J connectivity index is 2.09. The molecule has 0 aliphatic carbocycles. The van der Waals surface area contributed by atoms with Gasteiger partial charge in [0.15, 0.2) is 0 Å². The van der Waals surface area contributed by atoms with Gasteiger partial charge >= 0.3 is 157 Å². The molecule has 126 valence electrons. The molecule has 0 spiro atoms. The zero-order valence-electron chi connectivity index (χ0n) is 15.6. The van der Waals surface area contributed by atoms with Crippen LogP contribution in [0.4, 0.5) is 0 Å². The third-order valence-electron chi connectivity index (χ3n) is 5.03. The molecule has 3 heteroatoms. The van der Waals surface area contributed by atoms with E-state index in [1.165, 1.54) is 37.0 Å². The van der Waals surface area contributed by atoms with Crippen LogP contribution < -0.4 is 8.96 Å². The Morgan fingerprint density at radius 1 is 0.920 bits per heavy atom. The third kappa shape index (κ3) is 2.81. The van der Waals surface area contributed by atoms with Crippen molar-refractivity contribution in [1.29, 1.82) is 0 Å². The normalized spacial score (nSPS) is 12.2. The number of aryl methyl sites for hydroxylation is 2. The fourth-order valence-corrected chi connectivity index (χ4v) is 7.20. The van der Waals surface area contributed by atoms with Gasteiger partial charge in [-0.15, -0.1) is 0 Å². The number of rotatable bonds is 2. The van der Waals surface area contributed by atoms with Crippen molar-refractivity contribution in [3.63, 3.8) is 0 Å². The van der Waals surface area contributed by atoms with Gasteiger partial charge in [-0.1, -0.05) is 0 Å². The summed E-state index contributed by atoms with van der Waals surface area (Å²) in [6.07, 6.45) is 2.24. The Kier molecular flexibility index (Phi) is 4.01. The molecule has 0 amide bonds. The monoisotopic (exact) mass is 408 g/mol. The summed E-state index contributed by atoms with van der Waals surface area (Å²) in [6, 6.07) is 18.1. The number of nitrogens with zero attached hydrogens (tertiary/aromatic N) is 1. The van der Waals surface area contributed by atoms with Gasteiger partial charge in [0.05, 0.1) is 0 Å². The Morgan fingerprint density at radius 3 is 2.44 bits per heavy atom. The van der Waals surface area contributed by atoms with Gasteiger partial charge in [0.1, 0.15) is 0 Å². The summed E-state index contributed by atoms with van der Waals surface area (Å²) in [6.45, 7) is 2.24. The maximum absolute atomic E-state index is 2.46. The van der Waals surface area contributed by atoms with Gasteiger partial charge in [0.25, 0.3) is 0 Å². The summed E-state index contributed by atoms with van der Waals surface area (Å²) in [5, 5.41) is 2.75. The van der Waals surface area contributed by atoms with Crippen molar-refractivity contribution in [3.8, 4) is 11.3 Å². The van der Waals surface area contributed by atoms with Crippen LogP contribution in [0.5, 0.6) is 0 Å². The predicted molar refractivity (Wildman–Crippen MR) is 114 cm³/mol. The van der Waals surface area contributed by atoms with Crippen LogP contribution in [0.2, 0.25) is 17.3 Å². The number of hydrogen-bond donors (Lipinski definition) is 0. The predicted octanol–water partition coefficient (Wildman–Crippen LogP) is 5.40. The molecule has 1 nitrogen and oxygen atoms in total. The van der Waals surface area contributed by atoms with E-state index in [1.54, 1.807) is 4.40 Å². The van der Waals surface area contributed by atoms with Crippen LogP contribution in [0.3, 0.4) is 0 Å². The van der Waals surface area contributed by atoms with Crippen molar-refractivity contribution in [2.75, 3.05) is 0 Å². The molecule has 0 fully saturated rings. The zero-order chi connectivity index (χ0) is 17.8. The van der Waals surface area contributed by atoms with Crippen LogP contribution in [0.15, 0.2) is 54.7 Å². The molecular formula is C22H24GeNS+. The molecule has 0 aliphatic rings. The molecular weight excluding hydrogens is 383 g/mol. The Bertz CT molecular complexity index is 1100. The van der Waals surface area contributed by atoms with Crippen molar-refractivity contribution in [2.24, 2.45) is 7.05 Å². The summed E-state index contributed by atoms with van der Waals surface area (Å²) in [5.74, 6) is 7.39. The van der Waals surface area contributed by atoms with E-state index in [1.807, 2.05) is 11.3 Å². The molecule has 0 saturated heterocycles. The van der Waals surface area contributed by atoms with Gasteiger partial charge in [-0.05, 0) is 0 Å². The Hall–Kier alpha value is -1.65. The summed E-state index contributed by atoms with van der Waals surface area (Å²) in [7, 11) is 2.17. The van der Waals surface area contributed by atoms with E-state index in [2.05, 4.69) is 90.5 Å². The first kappa shape index (κ1) is 16.8. The summed E-state index contributed by atoms with van der Waals surface area (Å²) >= 11 is 0.0523. The van der Waals surface area contributed by atoms with E-state index in [-0.39, 0.29) is 0 Å². The number of pyridine rings is 1. The number of aromatic nitrogens is 1. The van der Waals surface area contributed by atoms with Gasteiger partial charge in [-0.3, -0.25) is 0 Å². The van der Waals surface area contributed by atoms with Crippen molar-refractivity contribution in [3.05, 3.63) is 60.3 Å². The topological polar surface area (TPSA) is 3.88 Å². The minimum atomic E-state index is -1.87. The van der Waals surface area contributed by atoms with Crippen molar-refractivity contribution in [2.45, 2.75) is 24.2 Å². The third-order valence-corrected chi connectivity index (χ3v) is 10.5. The minimum absolute atomic E-state index is 1.34. The molecule has 2 aromatic heterocycles. The standard InChI is InChI=1S/C22H24GeNS/c1-15-10-11-18-17-8-6-7-9-20(17)25-22(18)21(15)19-14-16(23(2,3)4)12-13-24(19)5/h6-14H,1-5H3/q+1. The molecule has 0 saturated carbocycles. The van der Waals surface area contributed by atoms with E-state index in [9.17, 15) is 0 Å². The van der Waals surface area contributed by atoms with E-state index in [4.69, 9.17) is 0 Å². The first-order chi connectivity index (χ1) is 11.9. The van der Waals surface area contributed by atoms with E-state index in [0.29, 0.717) is 0 Å².